The van der Waals surface area contributed by atoms with Crippen molar-refractivity contribution >= 4 is 11.9 Å². The molecular formula is C67H108O5. The molecule has 0 heterocycles. The highest BCUT2D eigenvalue weighted by molar-refractivity contribution is 5.70. The minimum Gasteiger partial charge on any atom is -0.462 e. The summed E-state index contributed by atoms with van der Waals surface area (Å²) in [5, 5.41) is 9.65. The van der Waals surface area contributed by atoms with Gasteiger partial charge in [-0.05, 0) is 116 Å². The molecule has 1 unspecified atom stereocenters. The number of hydrogen-bond acceptors (Lipinski definition) is 5. The van der Waals surface area contributed by atoms with Gasteiger partial charge in [0.2, 0.25) is 0 Å². The SMILES string of the molecule is CC/C=C\C/C=C\C/C=C\C/C=C\C/C=C\C/C=C\C/C=C\C/C=C\C/C=C\CCCCCCCCCCCCCCCC(=O)OC(CO)COC(=O)CCCCCCCCC/C=C\C/C=C\C/C=C\CC. The summed E-state index contributed by atoms with van der Waals surface area (Å²) in [5.41, 5.74) is 0. The summed E-state index contributed by atoms with van der Waals surface area (Å²) in [6.07, 6.45) is 92.5. The normalized spacial score (nSPS) is 13.3. The molecule has 0 aromatic rings. The molecule has 5 nitrogen and oxygen atoms in total. The highest BCUT2D eigenvalue weighted by atomic mass is 16.6. The van der Waals surface area contributed by atoms with Crippen molar-refractivity contribution in [2.45, 2.75) is 251 Å². The van der Waals surface area contributed by atoms with E-state index in [-0.39, 0.29) is 25.2 Å². The van der Waals surface area contributed by atoms with E-state index >= 15 is 0 Å². The molecule has 1 atom stereocenters. The summed E-state index contributed by atoms with van der Waals surface area (Å²) in [7, 11) is 0. The quantitative estimate of drug-likeness (QED) is 0.0373. The minimum atomic E-state index is -0.786. The van der Waals surface area contributed by atoms with Gasteiger partial charge >= 0.3 is 11.9 Å². The number of rotatable bonds is 52. The second-order valence-corrected chi connectivity index (χ2v) is 19.0. The van der Waals surface area contributed by atoms with Crippen molar-refractivity contribution in [1.82, 2.24) is 0 Å². The van der Waals surface area contributed by atoms with E-state index in [2.05, 4.69) is 160 Å². The Morgan fingerprint density at radius 3 is 0.833 bits per heavy atom. The molecule has 72 heavy (non-hydrogen) atoms. The molecule has 0 aromatic carbocycles. The van der Waals surface area contributed by atoms with E-state index in [0.29, 0.717) is 12.8 Å². The topological polar surface area (TPSA) is 72.8 Å². The maximum absolute atomic E-state index is 12.3. The van der Waals surface area contributed by atoms with Crippen LogP contribution in [0.1, 0.15) is 245 Å². The van der Waals surface area contributed by atoms with Crippen molar-refractivity contribution in [3.05, 3.63) is 146 Å². The molecule has 0 aliphatic carbocycles. The van der Waals surface area contributed by atoms with Crippen LogP contribution < -0.4 is 0 Å². The van der Waals surface area contributed by atoms with Crippen LogP contribution in [0, 0.1) is 0 Å². The zero-order chi connectivity index (χ0) is 52.0. The van der Waals surface area contributed by atoms with Gasteiger partial charge in [0, 0.05) is 12.8 Å². The van der Waals surface area contributed by atoms with E-state index in [9.17, 15) is 14.7 Å². The lowest BCUT2D eigenvalue weighted by molar-refractivity contribution is -0.161. The van der Waals surface area contributed by atoms with Crippen LogP contribution in [0.15, 0.2) is 146 Å². The molecule has 0 amide bonds. The van der Waals surface area contributed by atoms with E-state index < -0.39 is 6.10 Å². The average molecular weight is 994 g/mol. The monoisotopic (exact) mass is 993 g/mol. The third-order valence-corrected chi connectivity index (χ3v) is 12.1. The number of ether oxygens (including phenoxy) is 2. The second kappa shape index (κ2) is 61.1. The van der Waals surface area contributed by atoms with Crippen LogP contribution in [-0.2, 0) is 19.1 Å². The molecule has 1 N–H and O–H groups in total. The molecule has 406 valence electrons. The predicted octanol–water partition coefficient (Wildman–Crippen LogP) is 20.2. The molecular weight excluding hydrogens is 885 g/mol. The number of allylic oxidation sites excluding steroid dienone is 24. The molecule has 0 spiro atoms. The largest absolute Gasteiger partial charge is 0.462 e. The maximum Gasteiger partial charge on any atom is 0.306 e. The molecule has 0 saturated carbocycles. The summed E-state index contributed by atoms with van der Waals surface area (Å²) in [6.45, 7) is 3.90. The van der Waals surface area contributed by atoms with Crippen molar-refractivity contribution in [2.75, 3.05) is 13.2 Å². The van der Waals surface area contributed by atoms with E-state index in [1.165, 1.54) is 96.3 Å². The van der Waals surface area contributed by atoms with Crippen LogP contribution in [0.25, 0.3) is 0 Å². The van der Waals surface area contributed by atoms with Crippen molar-refractivity contribution in [3.63, 3.8) is 0 Å². The lowest BCUT2D eigenvalue weighted by Crippen LogP contribution is -2.28. The molecule has 0 saturated heterocycles. The fourth-order valence-electron chi connectivity index (χ4n) is 7.80. The van der Waals surface area contributed by atoms with E-state index in [1.807, 2.05) is 0 Å². The number of aliphatic hydroxyl groups is 1. The Morgan fingerprint density at radius 2 is 0.556 bits per heavy atom. The first-order valence-electron chi connectivity index (χ1n) is 29.4. The van der Waals surface area contributed by atoms with Gasteiger partial charge in [0.05, 0.1) is 6.61 Å². The van der Waals surface area contributed by atoms with Gasteiger partial charge in [0.15, 0.2) is 6.10 Å². The Hall–Kier alpha value is -4.22. The third-order valence-electron chi connectivity index (χ3n) is 12.1. The zero-order valence-corrected chi connectivity index (χ0v) is 46.4. The number of hydrogen-bond donors (Lipinski definition) is 1. The number of carbonyl (C=O) groups excluding carboxylic acids is 2. The Balaban J connectivity index is 3.55. The Morgan fingerprint density at radius 1 is 0.319 bits per heavy atom. The lowest BCUT2D eigenvalue weighted by atomic mass is 10.0. The summed E-state index contributed by atoms with van der Waals surface area (Å²) < 4.78 is 10.7. The van der Waals surface area contributed by atoms with Gasteiger partial charge in [-0.2, -0.15) is 0 Å². The van der Waals surface area contributed by atoms with Gasteiger partial charge < -0.3 is 14.6 Å². The van der Waals surface area contributed by atoms with Crippen LogP contribution in [0.2, 0.25) is 0 Å². The van der Waals surface area contributed by atoms with Gasteiger partial charge in [0.25, 0.3) is 0 Å². The summed E-state index contributed by atoms with van der Waals surface area (Å²) in [6, 6.07) is 0. The number of unbranched alkanes of at least 4 members (excludes halogenated alkanes) is 20. The molecule has 5 heteroatoms. The Kier molecular flexibility index (Phi) is 57.5. The van der Waals surface area contributed by atoms with Crippen molar-refractivity contribution in [1.29, 1.82) is 0 Å². The first-order chi connectivity index (χ1) is 35.6. The molecule has 0 fully saturated rings. The van der Waals surface area contributed by atoms with Crippen LogP contribution in [0.3, 0.4) is 0 Å². The Labute approximate surface area is 444 Å². The standard InChI is InChI=1S/C67H108O5/c1-3-5-7-9-11-13-15-17-19-21-22-23-24-25-26-27-28-29-30-31-32-33-34-35-36-37-38-39-40-41-42-43-44-46-48-50-52-54-56-58-60-62-67(70)72-65(63-68)64-71-66(69)61-59-57-55-53-51-49-47-45-20-18-16-14-12-10-8-6-4-2/h5-8,11-14,17-20,22-23,25-26,28-29,31-32,34-35,37-38,65,68H,3-4,9-10,15-16,21,24,27,30,33,36,39-64H2,1-2H3/b7-5-,8-6-,13-11-,14-12-,19-17-,20-18-,23-22-,26-25-,29-28-,32-31-,35-34-,38-37-. The fraction of sp³-hybridized carbons (Fsp3) is 0.612. The van der Waals surface area contributed by atoms with E-state index in [1.54, 1.807) is 0 Å². The molecule has 0 aliphatic heterocycles. The molecule has 0 aromatic heterocycles. The molecule has 0 rings (SSSR count). The minimum absolute atomic E-state index is 0.0779. The van der Waals surface area contributed by atoms with Crippen molar-refractivity contribution in [3.8, 4) is 0 Å². The smallest absolute Gasteiger partial charge is 0.306 e. The van der Waals surface area contributed by atoms with Crippen molar-refractivity contribution in [2.24, 2.45) is 0 Å². The van der Waals surface area contributed by atoms with Crippen LogP contribution in [0.4, 0.5) is 0 Å². The molecule has 0 bridgehead atoms. The van der Waals surface area contributed by atoms with Gasteiger partial charge in [-0.1, -0.05) is 262 Å². The van der Waals surface area contributed by atoms with Gasteiger partial charge in [0.1, 0.15) is 6.61 Å². The summed E-state index contributed by atoms with van der Waals surface area (Å²) in [5.74, 6) is -0.608. The van der Waals surface area contributed by atoms with Crippen LogP contribution in [0.5, 0.6) is 0 Å². The maximum atomic E-state index is 12.3. The van der Waals surface area contributed by atoms with Crippen molar-refractivity contribution < 1.29 is 24.2 Å². The van der Waals surface area contributed by atoms with Crippen LogP contribution in [-0.4, -0.2) is 36.4 Å². The first kappa shape index (κ1) is 67.8. The summed E-state index contributed by atoms with van der Waals surface area (Å²) >= 11 is 0. The Bertz CT molecular complexity index is 1540. The second-order valence-electron chi connectivity index (χ2n) is 19.0. The predicted molar refractivity (Wildman–Crippen MR) is 315 cm³/mol. The number of esters is 2. The van der Waals surface area contributed by atoms with Gasteiger partial charge in [-0.3, -0.25) is 9.59 Å². The molecule has 0 aliphatic rings. The summed E-state index contributed by atoms with van der Waals surface area (Å²) in [4.78, 5) is 24.5. The van der Waals surface area contributed by atoms with Gasteiger partial charge in [-0.15, -0.1) is 0 Å². The fourth-order valence-corrected chi connectivity index (χ4v) is 7.80. The third kappa shape index (κ3) is 58.4. The average Bonchev–Trinajstić information content (AvgIpc) is 3.38. The zero-order valence-electron chi connectivity index (χ0n) is 46.4. The number of aliphatic hydroxyl groups excluding tert-OH is 1. The number of carbonyl (C=O) groups is 2. The molecule has 0 radical (unpaired) electrons. The van der Waals surface area contributed by atoms with E-state index in [0.717, 1.165) is 122 Å². The van der Waals surface area contributed by atoms with Gasteiger partial charge in [-0.25, -0.2) is 0 Å². The van der Waals surface area contributed by atoms with E-state index in [4.69, 9.17) is 9.47 Å². The highest BCUT2D eigenvalue weighted by Gasteiger charge is 2.16. The lowest BCUT2D eigenvalue weighted by Gasteiger charge is -2.15. The van der Waals surface area contributed by atoms with Crippen LogP contribution >= 0.6 is 0 Å². The first-order valence-corrected chi connectivity index (χ1v) is 29.4. The highest BCUT2D eigenvalue weighted by Crippen LogP contribution is 2.15.